The van der Waals surface area contributed by atoms with Gasteiger partial charge in [-0.3, -0.25) is 4.79 Å². The third kappa shape index (κ3) is 3.10. The van der Waals surface area contributed by atoms with E-state index in [4.69, 9.17) is 4.74 Å². The maximum atomic E-state index is 11.8. The van der Waals surface area contributed by atoms with Gasteiger partial charge in [-0.05, 0) is 18.7 Å². The molecule has 0 aliphatic heterocycles. The van der Waals surface area contributed by atoms with Crippen LogP contribution in [-0.2, 0) is 14.3 Å². The molecule has 1 rings (SSSR count). The molecule has 0 fully saturated rings. The van der Waals surface area contributed by atoms with Gasteiger partial charge >= 0.3 is 5.97 Å². The first-order valence-corrected chi connectivity index (χ1v) is 6.28. The van der Waals surface area contributed by atoms with Crippen molar-refractivity contribution in [1.82, 2.24) is 0 Å². The van der Waals surface area contributed by atoms with Crippen LogP contribution in [-0.4, -0.2) is 24.6 Å². The van der Waals surface area contributed by atoms with Gasteiger partial charge in [0.15, 0.2) is 0 Å². The van der Waals surface area contributed by atoms with Crippen LogP contribution in [0.15, 0.2) is 30.3 Å². The van der Waals surface area contributed by atoms with E-state index < -0.39 is 17.0 Å². The second-order valence-electron chi connectivity index (χ2n) is 3.11. The summed E-state index contributed by atoms with van der Waals surface area (Å²) in [5.41, 5.74) is 0.827. The first-order chi connectivity index (χ1) is 7.70. The Morgan fingerprint density at radius 2 is 1.94 bits per heavy atom. The van der Waals surface area contributed by atoms with E-state index in [-0.39, 0.29) is 6.61 Å². The average molecular weight is 238 g/mol. The van der Waals surface area contributed by atoms with Crippen molar-refractivity contribution in [1.29, 1.82) is 0 Å². The predicted molar refractivity (Wildman–Crippen MR) is 64.3 cm³/mol. The fourth-order valence-corrected chi connectivity index (χ4v) is 2.07. The molecule has 0 aromatic heterocycles. The molecule has 1 aromatic carbocycles. The van der Waals surface area contributed by atoms with Crippen molar-refractivity contribution in [3.05, 3.63) is 35.9 Å². The summed E-state index contributed by atoms with van der Waals surface area (Å²) in [7, 11) is 0. The third-order valence-corrected chi connectivity index (χ3v) is 3.01. The minimum Gasteiger partial charge on any atom is -0.460 e. The van der Waals surface area contributed by atoms with Crippen molar-refractivity contribution in [2.24, 2.45) is 0 Å². The fourth-order valence-electron chi connectivity index (χ4n) is 1.33. The number of hydrogen-bond acceptors (Lipinski definition) is 4. The van der Waals surface area contributed by atoms with Crippen LogP contribution in [0.3, 0.4) is 0 Å². The number of Topliss-reactive ketones (excluding diaryl/α,β-unsaturated/α-hetero) is 1. The lowest BCUT2D eigenvalue weighted by molar-refractivity contribution is -0.153. The summed E-state index contributed by atoms with van der Waals surface area (Å²) in [4.78, 5) is 23.1. The van der Waals surface area contributed by atoms with E-state index in [1.54, 1.807) is 13.2 Å². The molecule has 4 heteroatoms. The van der Waals surface area contributed by atoms with Crippen LogP contribution >= 0.6 is 11.8 Å². The summed E-state index contributed by atoms with van der Waals surface area (Å²) in [6.45, 7) is 1.91. The van der Waals surface area contributed by atoms with Crippen LogP contribution in [0.2, 0.25) is 0 Å². The largest absolute Gasteiger partial charge is 0.460 e. The van der Waals surface area contributed by atoms with E-state index in [9.17, 15) is 9.59 Å². The zero-order chi connectivity index (χ0) is 12.0. The van der Waals surface area contributed by atoms with Crippen molar-refractivity contribution in [3.8, 4) is 0 Å². The Labute approximate surface area is 99.2 Å². The number of rotatable bonds is 5. The number of carbonyl (C=O) groups excluding carboxylic acids is 2. The van der Waals surface area contributed by atoms with Crippen molar-refractivity contribution in [2.45, 2.75) is 12.2 Å². The molecule has 1 atom stereocenters. The van der Waals surface area contributed by atoms with Gasteiger partial charge in [-0.2, -0.15) is 0 Å². The number of ether oxygens (including phenoxy) is 1. The van der Waals surface area contributed by atoms with E-state index in [0.29, 0.717) is 0 Å². The maximum Gasteiger partial charge on any atom is 0.376 e. The van der Waals surface area contributed by atoms with Crippen molar-refractivity contribution in [2.75, 3.05) is 12.9 Å². The minimum atomic E-state index is -0.759. The Balaban J connectivity index is 2.83. The highest BCUT2D eigenvalue weighted by atomic mass is 32.2. The smallest absolute Gasteiger partial charge is 0.376 e. The van der Waals surface area contributed by atoms with Crippen LogP contribution in [0.4, 0.5) is 0 Å². The molecule has 0 radical (unpaired) electrons. The molecule has 0 spiro atoms. The van der Waals surface area contributed by atoms with E-state index in [0.717, 1.165) is 5.56 Å². The monoisotopic (exact) mass is 238 g/mol. The quantitative estimate of drug-likeness (QED) is 0.583. The van der Waals surface area contributed by atoms with Crippen LogP contribution in [0, 0.1) is 0 Å². The molecular formula is C12H14O3S. The second kappa shape index (κ2) is 6.33. The van der Waals surface area contributed by atoms with Crippen LogP contribution in [0.5, 0.6) is 0 Å². The maximum absolute atomic E-state index is 11.8. The van der Waals surface area contributed by atoms with Gasteiger partial charge in [-0.1, -0.05) is 30.3 Å². The minimum absolute atomic E-state index is 0.223. The molecular weight excluding hydrogens is 224 g/mol. The van der Waals surface area contributed by atoms with Gasteiger partial charge in [-0.15, -0.1) is 11.8 Å². The van der Waals surface area contributed by atoms with Crippen molar-refractivity contribution >= 4 is 23.5 Å². The Bertz CT molecular complexity index is 362. The van der Waals surface area contributed by atoms with E-state index in [1.807, 2.05) is 30.3 Å². The highest BCUT2D eigenvalue weighted by Gasteiger charge is 2.26. The Hall–Kier alpha value is -1.29. The molecule has 0 N–H and O–H groups in total. The molecule has 16 heavy (non-hydrogen) atoms. The van der Waals surface area contributed by atoms with Crippen molar-refractivity contribution in [3.63, 3.8) is 0 Å². The number of ketones is 1. The zero-order valence-electron chi connectivity index (χ0n) is 9.30. The molecule has 0 bridgehead atoms. The van der Waals surface area contributed by atoms with Crippen molar-refractivity contribution < 1.29 is 14.3 Å². The summed E-state index contributed by atoms with van der Waals surface area (Å²) < 4.78 is 4.71. The number of esters is 1. The summed E-state index contributed by atoms with van der Waals surface area (Å²) in [6.07, 6.45) is 1.80. The lowest BCUT2D eigenvalue weighted by atomic mass is 10.1. The molecule has 0 saturated carbocycles. The van der Waals surface area contributed by atoms with Crippen LogP contribution in [0.25, 0.3) is 0 Å². The highest BCUT2D eigenvalue weighted by molar-refractivity contribution is 7.99. The standard InChI is InChI=1S/C12H14O3S/c1-3-15-12(14)10(13)11(16-2)9-7-5-4-6-8-9/h4-8,11H,3H2,1-2H3. The van der Waals surface area contributed by atoms with Gasteiger partial charge in [0.05, 0.1) is 11.9 Å². The van der Waals surface area contributed by atoms with Gasteiger partial charge in [0.25, 0.3) is 5.78 Å². The van der Waals surface area contributed by atoms with E-state index >= 15 is 0 Å². The normalized spacial score (nSPS) is 11.9. The van der Waals surface area contributed by atoms with Crippen LogP contribution < -0.4 is 0 Å². The molecule has 3 nitrogen and oxygen atoms in total. The summed E-state index contributed by atoms with van der Waals surface area (Å²) >= 11 is 1.33. The number of carbonyl (C=O) groups is 2. The number of thioether (sulfide) groups is 1. The van der Waals surface area contributed by atoms with Crippen LogP contribution in [0.1, 0.15) is 17.7 Å². The second-order valence-corrected chi connectivity index (χ2v) is 4.05. The number of hydrogen-bond donors (Lipinski definition) is 0. The molecule has 0 heterocycles. The fraction of sp³-hybridized carbons (Fsp3) is 0.333. The van der Waals surface area contributed by atoms with E-state index in [1.165, 1.54) is 11.8 Å². The Kier molecular flexibility index (Phi) is 5.05. The van der Waals surface area contributed by atoms with Gasteiger partial charge in [0, 0.05) is 0 Å². The van der Waals surface area contributed by atoms with E-state index in [2.05, 4.69) is 0 Å². The molecule has 0 saturated heterocycles. The lowest BCUT2D eigenvalue weighted by Crippen LogP contribution is -2.22. The molecule has 1 unspecified atom stereocenters. The third-order valence-electron chi connectivity index (χ3n) is 2.05. The summed E-state index contributed by atoms with van der Waals surface area (Å²) in [6, 6.07) is 9.22. The summed E-state index contributed by atoms with van der Waals surface area (Å²) in [5, 5.41) is -0.472. The number of benzene rings is 1. The lowest BCUT2D eigenvalue weighted by Gasteiger charge is -2.12. The van der Waals surface area contributed by atoms with Gasteiger partial charge in [0.1, 0.15) is 0 Å². The first-order valence-electron chi connectivity index (χ1n) is 4.99. The average Bonchev–Trinajstić information content (AvgIpc) is 2.31. The Morgan fingerprint density at radius 1 is 1.31 bits per heavy atom. The SMILES string of the molecule is CCOC(=O)C(=O)C(SC)c1ccccc1. The van der Waals surface area contributed by atoms with Gasteiger partial charge in [0.2, 0.25) is 0 Å². The molecule has 86 valence electrons. The summed E-state index contributed by atoms with van der Waals surface area (Å²) in [5.74, 6) is -1.26. The van der Waals surface area contributed by atoms with Gasteiger partial charge < -0.3 is 4.74 Å². The Morgan fingerprint density at radius 3 is 2.44 bits per heavy atom. The molecule has 0 aliphatic rings. The first kappa shape index (κ1) is 12.8. The van der Waals surface area contributed by atoms with Gasteiger partial charge in [-0.25, -0.2) is 4.79 Å². The molecule has 0 amide bonds. The predicted octanol–water partition coefficient (Wildman–Crippen LogP) is 2.22. The molecule has 0 aliphatic carbocycles. The highest BCUT2D eigenvalue weighted by Crippen LogP contribution is 2.27. The zero-order valence-corrected chi connectivity index (χ0v) is 10.1. The topological polar surface area (TPSA) is 43.4 Å². The molecule has 1 aromatic rings.